The summed E-state index contributed by atoms with van der Waals surface area (Å²) in [5.74, 6) is 0.321. The van der Waals surface area contributed by atoms with Crippen LogP contribution in [0.1, 0.15) is 22.2 Å². The molecule has 27 heavy (non-hydrogen) atoms. The van der Waals surface area contributed by atoms with Crippen molar-refractivity contribution in [3.63, 3.8) is 0 Å². The van der Waals surface area contributed by atoms with E-state index < -0.39 is 0 Å². The number of nitrogens with zero attached hydrogens (tertiary/aromatic N) is 1. The summed E-state index contributed by atoms with van der Waals surface area (Å²) in [5, 5.41) is 9.40. The molecule has 0 aliphatic carbocycles. The van der Waals surface area contributed by atoms with E-state index >= 15 is 0 Å². The molecule has 146 valence electrons. The summed E-state index contributed by atoms with van der Waals surface area (Å²) in [6, 6.07) is 10.5. The molecule has 2 rings (SSSR count). The Bertz CT molecular complexity index is 758. The Kier molecular flexibility index (Phi) is 8.26. The second-order valence-electron chi connectivity index (χ2n) is 6.41. The monoisotopic (exact) mass is 390 g/mol. The van der Waals surface area contributed by atoms with Crippen LogP contribution in [0.3, 0.4) is 0 Å². The predicted octanol–water partition coefficient (Wildman–Crippen LogP) is 2.65. The predicted molar refractivity (Wildman–Crippen MR) is 110 cm³/mol. The second-order valence-corrected chi connectivity index (χ2v) is 7.79. The van der Waals surface area contributed by atoms with Crippen LogP contribution in [0.25, 0.3) is 0 Å². The number of aryl methyl sites for hydroxylation is 1. The molecule has 7 heteroatoms. The minimum atomic E-state index is -0.300. The maximum Gasteiger partial charge on any atom is 0.224 e. The Morgan fingerprint density at radius 2 is 1.85 bits per heavy atom. The Labute approximate surface area is 164 Å². The number of rotatable bonds is 8. The van der Waals surface area contributed by atoms with Gasteiger partial charge in [0.1, 0.15) is 5.82 Å². The molecule has 0 aliphatic rings. The molecule has 3 N–H and O–H groups in total. The minimum Gasteiger partial charge on any atom is -0.355 e. The van der Waals surface area contributed by atoms with Crippen LogP contribution in [-0.2, 0) is 17.6 Å². The maximum absolute atomic E-state index is 12.9. The number of thiophene rings is 1. The lowest BCUT2D eigenvalue weighted by Gasteiger charge is -2.17. The van der Waals surface area contributed by atoms with E-state index in [1.165, 1.54) is 21.9 Å². The smallest absolute Gasteiger partial charge is 0.224 e. The molecule has 1 unspecified atom stereocenters. The van der Waals surface area contributed by atoms with Crippen molar-refractivity contribution in [2.75, 3.05) is 20.1 Å². The van der Waals surface area contributed by atoms with Gasteiger partial charge >= 0.3 is 0 Å². The largest absolute Gasteiger partial charge is 0.355 e. The number of carbonyl (C=O) groups is 1. The summed E-state index contributed by atoms with van der Waals surface area (Å²) in [6.45, 7) is 5.28. The fourth-order valence-electron chi connectivity index (χ4n) is 2.61. The van der Waals surface area contributed by atoms with Crippen LogP contribution in [0.4, 0.5) is 4.39 Å². The molecule has 1 amide bonds. The van der Waals surface area contributed by atoms with Gasteiger partial charge in [-0.3, -0.25) is 9.79 Å². The lowest BCUT2D eigenvalue weighted by molar-refractivity contribution is -0.120. The lowest BCUT2D eigenvalue weighted by Crippen LogP contribution is -2.45. The highest BCUT2D eigenvalue weighted by molar-refractivity contribution is 7.11. The van der Waals surface area contributed by atoms with E-state index in [9.17, 15) is 9.18 Å². The Morgan fingerprint density at radius 3 is 2.48 bits per heavy atom. The van der Waals surface area contributed by atoms with Crippen molar-refractivity contribution in [3.8, 4) is 0 Å². The third kappa shape index (κ3) is 7.78. The number of carbonyl (C=O) groups excluding carboxylic acids is 1. The summed E-state index contributed by atoms with van der Waals surface area (Å²) in [7, 11) is 1.73. The van der Waals surface area contributed by atoms with Crippen LogP contribution >= 0.6 is 11.3 Å². The molecule has 0 saturated carbocycles. The third-order valence-corrected chi connectivity index (χ3v) is 4.95. The van der Waals surface area contributed by atoms with Gasteiger partial charge in [0, 0.05) is 42.4 Å². The van der Waals surface area contributed by atoms with Gasteiger partial charge in [-0.25, -0.2) is 4.39 Å². The Balaban J connectivity index is 1.65. The zero-order chi connectivity index (χ0) is 19.6. The van der Waals surface area contributed by atoms with Crippen molar-refractivity contribution in [1.29, 1.82) is 0 Å². The Hall–Kier alpha value is -2.41. The number of guanidine groups is 1. The number of halogens is 1. The van der Waals surface area contributed by atoms with Gasteiger partial charge in [-0.2, -0.15) is 0 Å². The van der Waals surface area contributed by atoms with Crippen molar-refractivity contribution in [1.82, 2.24) is 16.0 Å². The van der Waals surface area contributed by atoms with Gasteiger partial charge in [-0.15, -0.1) is 11.3 Å². The topological polar surface area (TPSA) is 65.5 Å². The van der Waals surface area contributed by atoms with Crippen LogP contribution in [0.5, 0.6) is 0 Å². The highest BCUT2D eigenvalue weighted by Gasteiger charge is 2.08. The molecular weight excluding hydrogens is 363 g/mol. The second kappa shape index (κ2) is 10.7. The van der Waals surface area contributed by atoms with Crippen LogP contribution in [-0.4, -0.2) is 38.0 Å². The fraction of sp³-hybridized carbons (Fsp3) is 0.400. The summed E-state index contributed by atoms with van der Waals surface area (Å²) < 4.78 is 12.9. The first-order chi connectivity index (χ1) is 13.0. The first kappa shape index (κ1) is 20.9. The van der Waals surface area contributed by atoms with Crippen molar-refractivity contribution in [2.45, 2.75) is 32.7 Å². The van der Waals surface area contributed by atoms with Gasteiger partial charge in [0.15, 0.2) is 5.96 Å². The molecule has 0 saturated heterocycles. The number of hydrogen-bond donors (Lipinski definition) is 3. The van der Waals surface area contributed by atoms with Crippen molar-refractivity contribution >= 4 is 23.2 Å². The van der Waals surface area contributed by atoms with Crippen molar-refractivity contribution in [3.05, 3.63) is 57.5 Å². The summed E-state index contributed by atoms with van der Waals surface area (Å²) in [6.07, 6.45) is 1.18. The SMILES string of the molecule is CN=C(NCCNC(=O)Cc1ccc(F)cc1)NC(C)Cc1ccc(C)s1. The molecule has 0 radical (unpaired) electrons. The van der Waals surface area contributed by atoms with Crippen molar-refractivity contribution < 1.29 is 9.18 Å². The quantitative estimate of drug-likeness (QED) is 0.369. The van der Waals surface area contributed by atoms with E-state index in [0.717, 1.165) is 12.0 Å². The van der Waals surface area contributed by atoms with Gasteiger partial charge in [0.25, 0.3) is 0 Å². The van der Waals surface area contributed by atoms with Gasteiger partial charge in [0.05, 0.1) is 6.42 Å². The lowest BCUT2D eigenvalue weighted by atomic mass is 10.1. The first-order valence-electron chi connectivity index (χ1n) is 9.00. The molecule has 1 atom stereocenters. The molecule has 1 aromatic heterocycles. The van der Waals surface area contributed by atoms with Crippen LogP contribution in [0.15, 0.2) is 41.4 Å². The molecule has 0 fully saturated rings. The summed E-state index contributed by atoms with van der Waals surface area (Å²) >= 11 is 1.81. The van der Waals surface area contributed by atoms with Crippen molar-refractivity contribution in [2.24, 2.45) is 4.99 Å². The normalized spacial score (nSPS) is 12.5. The Morgan fingerprint density at radius 1 is 1.15 bits per heavy atom. The average molecular weight is 391 g/mol. The van der Waals surface area contributed by atoms with E-state index in [-0.39, 0.29) is 24.2 Å². The molecule has 0 bridgehead atoms. The van der Waals surface area contributed by atoms with Gasteiger partial charge in [-0.1, -0.05) is 12.1 Å². The highest BCUT2D eigenvalue weighted by atomic mass is 32.1. The standard InChI is InChI=1S/C20H27FN4OS/c1-14(12-18-9-4-15(2)27-18)25-20(22-3)24-11-10-23-19(26)13-16-5-7-17(21)8-6-16/h4-9,14H,10-13H2,1-3H3,(H,23,26)(H2,22,24,25). The fourth-order valence-corrected chi connectivity index (χ4v) is 3.63. The van der Waals surface area contributed by atoms with E-state index in [1.54, 1.807) is 19.2 Å². The molecular formula is C20H27FN4OS. The average Bonchev–Trinajstić information content (AvgIpc) is 3.04. The summed E-state index contributed by atoms with van der Waals surface area (Å²) in [4.78, 5) is 18.8. The van der Waals surface area contributed by atoms with Crippen LogP contribution in [0.2, 0.25) is 0 Å². The van der Waals surface area contributed by atoms with Crippen LogP contribution in [0, 0.1) is 12.7 Å². The molecule has 5 nitrogen and oxygen atoms in total. The summed E-state index contributed by atoms with van der Waals surface area (Å²) in [5.41, 5.74) is 0.789. The maximum atomic E-state index is 12.9. The number of benzene rings is 1. The molecule has 0 spiro atoms. The molecule has 1 heterocycles. The van der Waals surface area contributed by atoms with E-state index in [0.29, 0.717) is 19.0 Å². The minimum absolute atomic E-state index is 0.0900. The van der Waals surface area contributed by atoms with Gasteiger partial charge in [0.2, 0.25) is 5.91 Å². The first-order valence-corrected chi connectivity index (χ1v) is 9.81. The van der Waals surface area contributed by atoms with E-state index in [2.05, 4.69) is 46.9 Å². The number of nitrogens with one attached hydrogen (secondary N) is 3. The third-order valence-electron chi connectivity index (χ3n) is 3.93. The zero-order valence-corrected chi connectivity index (χ0v) is 16.8. The molecule has 1 aromatic carbocycles. The van der Waals surface area contributed by atoms with Gasteiger partial charge in [-0.05, 0) is 43.7 Å². The van der Waals surface area contributed by atoms with Crippen LogP contribution < -0.4 is 16.0 Å². The van der Waals surface area contributed by atoms with E-state index in [1.807, 2.05) is 11.3 Å². The number of amides is 1. The molecule has 2 aromatic rings. The van der Waals surface area contributed by atoms with E-state index in [4.69, 9.17) is 0 Å². The van der Waals surface area contributed by atoms with Gasteiger partial charge < -0.3 is 16.0 Å². The number of hydrogen-bond acceptors (Lipinski definition) is 3. The molecule has 0 aliphatic heterocycles. The highest BCUT2D eigenvalue weighted by Crippen LogP contribution is 2.16. The number of aliphatic imine (C=N–C) groups is 1. The zero-order valence-electron chi connectivity index (χ0n) is 16.0.